The molecule has 0 saturated carbocycles. The monoisotopic (exact) mass is 218 g/mol. The molecule has 2 nitrogen and oxygen atoms in total. The van der Waals surface area contributed by atoms with Crippen LogP contribution >= 0.6 is 0 Å². The van der Waals surface area contributed by atoms with E-state index in [0.29, 0.717) is 5.92 Å². The van der Waals surface area contributed by atoms with Crippen LogP contribution in [0, 0.1) is 5.92 Å². The van der Waals surface area contributed by atoms with Crippen LogP contribution in [0.15, 0.2) is 18.2 Å². The molecule has 0 spiro atoms. The van der Waals surface area contributed by atoms with Gasteiger partial charge in [0.1, 0.15) is 0 Å². The van der Waals surface area contributed by atoms with E-state index in [1.807, 2.05) is 0 Å². The Kier molecular flexibility index (Phi) is 3.37. The third-order valence-corrected chi connectivity index (χ3v) is 3.10. The second kappa shape index (κ2) is 4.77. The maximum atomic E-state index is 3.54. The zero-order valence-corrected chi connectivity index (χ0v) is 10.6. The lowest BCUT2D eigenvalue weighted by atomic mass is 10.0. The number of nitrogens with zero attached hydrogens (tertiary/aromatic N) is 1. The molecule has 0 saturated heterocycles. The van der Waals surface area contributed by atoms with Crippen molar-refractivity contribution in [1.29, 1.82) is 0 Å². The highest BCUT2D eigenvalue weighted by Gasteiger charge is 2.15. The number of hydrogen-bond acceptors (Lipinski definition) is 2. The fraction of sp³-hybridized carbons (Fsp3) is 0.571. The van der Waals surface area contributed by atoms with Gasteiger partial charge >= 0.3 is 0 Å². The molecule has 0 aliphatic carbocycles. The van der Waals surface area contributed by atoms with Crippen LogP contribution in [0.2, 0.25) is 0 Å². The largest absolute Gasteiger partial charge is 0.383 e. The van der Waals surface area contributed by atoms with Crippen LogP contribution in [0.1, 0.15) is 25.8 Å². The summed E-state index contributed by atoms with van der Waals surface area (Å²) in [7, 11) is 2.19. The second-order valence-electron chi connectivity index (χ2n) is 5.12. The fourth-order valence-electron chi connectivity index (χ4n) is 2.46. The molecule has 0 atom stereocenters. The van der Waals surface area contributed by atoms with E-state index in [4.69, 9.17) is 0 Å². The molecule has 1 aromatic carbocycles. The molecule has 0 aromatic heterocycles. The average Bonchev–Trinajstić information content (AvgIpc) is 2.27. The van der Waals surface area contributed by atoms with Crippen LogP contribution in [0.25, 0.3) is 0 Å². The van der Waals surface area contributed by atoms with E-state index in [0.717, 1.165) is 13.1 Å². The summed E-state index contributed by atoms with van der Waals surface area (Å²) in [6, 6.07) is 6.64. The number of rotatable bonds is 3. The topological polar surface area (TPSA) is 15.3 Å². The van der Waals surface area contributed by atoms with Gasteiger partial charge in [-0.15, -0.1) is 0 Å². The van der Waals surface area contributed by atoms with Gasteiger partial charge in [0.2, 0.25) is 0 Å². The van der Waals surface area contributed by atoms with Crippen LogP contribution in [0.5, 0.6) is 0 Å². The number of anilines is 2. The molecule has 1 heterocycles. The van der Waals surface area contributed by atoms with E-state index >= 15 is 0 Å². The van der Waals surface area contributed by atoms with Crippen molar-refractivity contribution < 1.29 is 0 Å². The molecule has 0 bridgehead atoms. The molecule has 0 radical (unpaired) electrons. The summed E-state index contributed by atoms with van der Waals surface area (Å²) in [5.74, 6) is 0.699. The zero-order chi connectivity index (χ0) is 11.5. The number of aryl methyl sites for hydroxylation is 1. The van der Waals surface area contributed by atoms with Crippen LogP contribution in [0.4, 0.5) is 11.4 Å². The van der Waals surface area contributed by atoms with E-state index in [-0.39, 0.29) is 0 Å². The Morgan fingerprint density at radius 1 is 1.38 bits per heavy atom. The van der Waals surface area contributed by atoms with Gasteiger partial charge in [-0.05, 0) is 30.4 Å². The first-order valence-corrected chi connectivity index (χ1v) is 6.25. The van der Waals surface area contributed by atoms with Crippen molar-refractivity contribution in [3.63, 3.8) is 0 Å². The fourth-order valence-corrected chi connectivity index (χ4v) is 2.46. The summed E-state index contributed by atoms with van der Waals surface area (Å²) in [5.41, 5.74) is 4.18. The van der Waals surface area contributed by atoms with Gasteiger partial charge in [0.15, 0.2) is 0 Å². The summed E-state index contributed by atoms with van der Waals surface area (Å²) in [5, 5.41) is 3.54. The van der Waals surface area contributed by atoms with Gasteiger partial charge in [0.05, 0.1) is 11.4 Å². The Labute approximate surface area is 98.7 Å². The van der Waals surface area contributed by atoms with Gasteiger partial charge in [-0.2, -0.15) is 0 Å². The molecule has 16 heavy (non-hydrogen) atoms. The van der Waals surface area contributed by atoms with Crippen LogP contribution in [0.3, 0.4) is 0 Å². The van der Waals surface area contributed by atoms with Gasteiger partial charge in [-0.1, -0.05) is 26.0 Å². The number of hydrogen-bond donors (Lipinski definition) is 1. The smallest absolute Gasteiger partial charge is 0.0610 e. The van der Waals surface area contributed by atoms with E-state index in [9.17, 15) is 0 Å². The highest BCUT2D eigenvalue weighted by molar-refractivity contribution is 5.74. The lowest BCUT2D eigenvalue weighted by Gasteiger charge is -2.28. The van der Waals surface area contributed by atoms with E-state index < -0.39 is 0 Å². The number of benzene rings is 1. The molecule has 1 aliphatic rings. The molecule has 2 rings (SSSR count). The van der Waals surface area contributed by atoms with E-state index in [1.54, 1.807) is 0 Å². The van der Waals surface area contributed by atoms with Gasteiger partial charge in [0, 0.05) is 20.1 Å². The molecular weight excluding hydrogens is 196 g/mol. The first kappa shape index (κ1) is 11.3. The van der Waals surface area contributed by atoms with Crippen LogP contribution in [-0.2, 0) is 6.42 Å². The van der Waals surface area contributed by atoms with Gasteiger partial charge in [0.25, 0.3) is 0 Å². The first-order chi connectivity index (χ1) is 7.68. The summed E-state index contributed by atoms with van der Waals surface area (Å²) < 4.78 is 0. The molecule has 1 N–H and O–H groups in total. The molecule has 1 aliphatic heterocycles. The summed E-state index contributed by atoms with van der Waals surface area (Å²) >= 11 is 0. The summed E-state index contributed by atoms with van der Waals surface area (Å²) in [6.07, 6.45) is 2.47. The molecule has 1 aromatic rings. The molecule has 2 heteroatoms. The first-order valence-electron chi connectivity index (χ1n) is 6.25. The minimum Gasteiger partial charge on any atom is -0.383 e. The summed E-state index contributed by atoms with van der Waals surface area (Å²) in [4.78, 5) is 2.36. The van der Waals surface area contributed by atoms with Crippen molar-refractivity contribution in [2.45, 2.75) is 26.7 Å². The predicted octanol–water partition coefficient (Wildman–Crippen LogP) is 3.14. The molecule has 0 unspecified atom stereocenters. The third kappa shape index (κ3) is 2.31. The SMILES string of the molecule is CC(C)CN(C)c1cccc2c1NCCC2. The van der Waals surface area contributed by atoms with Crippen molar-refractivity contribution in [1.82, 2.24) is 0 Å². The maximum Gasteiger partial charge on any atom is 0.0610 e. The van der Waals surface area contributed by atoms with Gasteiger partial charge in [-0.3, -0.25) is 0 Å². The van der Waals surface area contributed by atoms with Gasteiger partial charge in [-0.25, -0.2) is 0 Å². The highest BCUT2D eigenvalue weighted by atomic mass is 15.1. The Bertz CT molecular complexity index is 358. The van der Waals surface area contributed by atoms with Crippen LogP contribution in [-0.4, -0.2) is 20.1 Å². The number of nitrogens with one attached hydrogen (secondary N) is 1. The Hall–Kier alpha value is -1.18. The molecule has 0 amide bonds. The van der Waals surface area contributed by atoms with E-state index in [1.165, 1.54) is 29.8 Å². The summed E-state index contributed by atoms with van der Waals surface area (Å²) in [6.45, 7) is 6.75. The number of fused-ring (bicyclic) bond motifs is 1. The quantitative estimate of drug-likeness (QED) is 0.838. The molecule has 88 valence electrons. The third-order valence-electron chi connectivity index (χ3n) is 3.10. The Morgan fingerprint density at radius 2 is 2.19 bits per heavy atom. The lowest BCUT2D eigenvalue weighted by Crippen LogP contribution is -2.25. The standard InChI is InChI=1S/C14H22N2/c1-11(2)10-16(3)13-8-4-6-12-7-5-9-15-14(12)13/h4,6,8,11,15H,5,7,9-10H2,1-3H3. The number of para-hydroxylation sites is 1. The normalized spacial score (nSPS) is 14.5. The lowest BCUT2D eigenvalue weighted by molar-refractivity contribution is 0.638. The minimum absolute atomic E-state index is 0.699. The van der Waals surface area contributed by atoms with Crippen molar-refractivity contribution in [3.8, 4) is 0 Å². The van der Waals surface area contributed by atoms with Crippen LogP contribution < -0.4 is 10.2 Å². The maximum absolute atomic E-state index is 3.54. The van der Waals surface area contributed by atoms with Gasteiger partial charge < -0.3 is 10.2 Å². The second-order valence-corrected chi connectivity index (χ2v) is 5.12. The Morgan fingerprint density at radius 3 is 2.94 bits per heavy atom. The average molecular weight is 218 g/mol. The molecule has 0 fully saturated rings. The Balaban J connectivity index is 2.26. The predicted molar refractivity (Wildman–Crippen MR) is 71.4 cm³/mol. The highest BCUT2D eigenvalue weighted by Crippen LogP contribution is 2.32. The zero-order valence-electron chi connectivity index (χ0n) is 10.6. The van der Waals surface area contributed by atoms with E-state index in [2.05, 4.69) is 49.3 Å². The van der Waals surface area contributed by atoms with Crippen molar-refractivity contribution in [2.75, 3.05) is 30.4 Å². The van der Waals surface area contributed by atoms with Crippen molar-refractivity contribution >= 4 is 11.4 Å². The minimum atomic E-state index is 0.699. The van der Waals surface area contributed by atoms with Crippen molar-refractivity contribution in [2.24, 2.45) is 5.92 Å². The van der Waals surface area contributed by atoms with Crippen molar-refractivity contribution in [3.05, 3.63) is 23.8 Å². The molecular formula is C14H22N2.